The first kappa shape index (κ1) is 6.70. The zero-order valence-corrected chi connectivity index (χ0v) is 6.55. The van der Waals surface area contributed by atoms with Crippen LogP contribution in [0.5, 0.6) is 0 Å². The summed E-state index contributed by atoms with van der Waals surface area (Å²) in [5.41, 5.74) is -0.115. The molecule has 1 rings (SSSR count). The van der Waals surface area contributed by atoms with Crippen molar-refractivity contribution < 1.29 is 0 Å². The lowest BCUT2D eigenvalue weighted by Gasteiger charge is -2.00. The molecule has 0 heterocycles. The van der Waals surface area contributed by atoms with Crippen molar-refractivity contribution in [2.24, 2.45) is 5.41 Å². The second kappa shape index (κ2) is 1.35. The lowest BCUT2D eigenvalue weighted by molar-refractivity contribution is 0.681. The molecule has 1 fully saturated rings. The van der Waals surface area contributed by atoms with Crippen molar-refractivity contribution in [1.82, 2.24) is 0 Å². The summed E-state index contributed by atoms with van der Waals surface area (Å²) in [5.74, 6) is 0. The van der Waals surface area contributed by atoms with Crippen molar-refractivity contribution in [3.05, 3.63) is 6.92 Å². The maximum Gasteiger partial charge on any atom is 0.0655 e. The minimum atomic E-state index is -0.269. The monoisotopic (exact) mass is 151 g/mol. The Morgan fingerprint density at radius 3 is 1.62 bits per heavy atom. The number of hydrogen-bond acceptors (Lipinski definition) is 0. The Hall–Kier alpha value is 0.580. The van der Waals surface area contributed by atoms with Crippen LogP contribution in [0.4, 0.5) is 0 Å². The van der Waals surface area contributed by atoms with E-state index in [4.69, 9.17) is 23.2 Å². The summed E-state index contributed by atoms with van der Waals surface area (Å²) >= 11 is 11.7. The van der Waals surface area contributed by atoms with E-state index in [9.17, 15) is 0 Å². The van der Waals surface area contributed by atoms with Gasteiger partial charge in [0.25, 0.3) is 0 Å². The molecule has 1 aliphatic rings. The number of rotatable bonds is 0. The molecular weight excluding hydrogens is 143 g/mol. The van der Waals surface area contributed by atoms with Crippen molar-refractivity contribution >= 4 is 23.2 Å². The van der Waals surface area contributed by atoms with Crippen molar-refractivity contribution in [3.8, 4) is 0 Å². The molecule has 1 radical (unpaired) electrons. The van der Waals surface area contributed by atoms with Crippen LogP contribution in [-0.2, 0) is 0 Å². The highest BCUT2D eigenvalue weighted by molar-refractivity contribution is 6.38. The maximum absolute atomic E-state index is 5.89. The van der Waals surface area contributed by atoms with Gasteiger partial charge in [-0.05, 0) is 13.8 Å². The molecular formula is C6H9Cl2. The Balaban J connectivity index is 2.72. The van der Waals surface area contributed by atoms with Gasteiger partial charge in [-0.1, -0.05) is 6.92 Å². The van der Waals surface area contributed by atoms with Gasteiger partial charge in [0.1, 0.15) is 0 Å². The summed E-state index contributed by atoms with van der Waals surface area (Å²) in [6.07, 6.45) is 0. The molecule has 0 nitrogen and oxygen atoms in total. The second-order valence-electron chi connectivity index (χ2n) is 2.86. The molecule has 0 spiro atoms. The SMILES string of the molecule is [CH2]C1(C)C(Cl)C1(C)Cl. The topological polar surface area (TPSA) is 0 Å². The van der Waals surface area contributed by atoms with Crippen molar-refractivity contribution in [1.29, 1.82) is 0 Å². The predicted molar refractivity (Wildman–Crippen MR) is 37.4 cm³/mol. The van der Waals surface area contributed by atoms with E-state index in [0.29, 0.717) is 0 Å². The normalized spacial score (nSPS) is 51.4. The quantitative estimate of drug-likeness (QED) is 0.467. The van der Waals surface area contributed by atoms with E-state index in [1.807, 2.05) is 13.8 Å². The van der Waals surface area contributed by atoms with Crippen molar-refractivity contribution in [2.45, 2.75) is 24.1 Å². The lowest BCUT2D eigenvalue weighted by atomic mass is 10.1. The highest BCUT2D eigenvalue weighted by Gasteiger charge is 2.66. The molecule has 0 aromatic heterocycles. The van der Waals surface area contributed by atoms with Gasteiger partial charge in [-0.15, -0.1) is 23.2 Å². The van der Waals surface area contributed by atoms with E-state index in [1.165, 1.54) is 0 Å². The van der Waals surface area contributed by atoms with Gasteiger partial charge in [-0.25, -0.2) is 0 Å². The van der Waals surface area contributed by atoms with Gasteiger partial charge in [-0.3, -0.25) is 0 Å². The molecule has 0 N–H and O–H groups in total. The molecule has 2 heteroatoms. The maximum atomic E-state index is 5.89. The smallest absolute Gasteiger partial charge is 0.0655 e. The van der Waals surface area contributed by atoms with E-state index < -0.39 is 0 Å². The highest BCUT2D eigenvalue weighted by Crippen LogP contribution is 2.63. The Labute approximate surface area is 60.2 Å². The number of halogens is 2. The Morgan fingerprint density at radius 2 is 1.62 bits per heavy atom. The van der Waals surface area contributed by atoms with E-state index in [-0.39, 0.29) is 15.7 Å². The van der Waals surface area contributed by atoms with E-state index in [1.54, 1.807) is 0 Å². The first-order chi connectivity index (χ1) is 3.40. The zero-order valence-electron chi connectivity index (χ0n) is 5.04. The van der Waals surface area contributed by atoms with Crippen LogP contribution in [0.2, 0.25) is 0 Å². The Morgan fingerprint density at radius 1 is 1.50 bits per heavy atom. The fourth-order valence-electron chi connectivity index (χ4n) is 0.762. The van der Waals surface area contributed by atoms with Crippen LogP contribution in [0, 0.1) is 12.3 Å². The number of hydrogen-bond donors (Lipinski definition) is 0. The Kier molecular flexibility index (Phi) is 1.13. The molecule has 1 aliphatic carbocycles. The molecule has 0 saturated heterocycles. The van der Waals surface area contributed by atoms with Crippen molar-refractivity contribution in [2.75, 3.05) is 0 Å². The highest BCUT2D eigenvalue weighted by atomic mass is 35.5. The van der Waals surface area contributed by atoms with Gasteiger partial charge in [0, 0.05) is 5.41 Å². The molecule has 3 unspecified atom stereocenters. The molecule has 0 aliphatic heterocycles. The van der Waals surface area contributed by atoms with Gasteiger partial charge in [-0.2, -0.15) is 0 Å². The van der Waals surface area contributed by atoms with E-state index >= 15 is 0 Å². The molecule has 3 atom stereocenters. The third-order valence-electron chi connectivity index (χ3n) is 2.07. The predicted octanol–water partition coefficient (Wildman–Crippen LogP) is 2.45. The van der Waals surface area contributed by atoms with E-state index in [0.717, 1.165) is 0 Å². The fraction of sp³-hybridized carbons (Fsp3) is 0.833. The van der Waals surface area contributed by atoms with Crippen LogP contribution in [-0.4, -0.2) is 10.3 Å². The third kappa shape index (κ3) is 0.534. The van der Waals surface area contributed by atoms with Crippen LogP contribution >= 0.6 is 23.2 Å². The van der Waals surface area contributed by atoms with Gasteiger partial charge >= 0.3 is 0 Å². The van der Waals surface area contributed by atoms with Gasteiger partial charge in [0.05, 0.1) is 10.3 Å². The Bertz CT molecular complexity index is 102. The van der Waals surface area contributed by atoms with Gasteiger partial charge < -0.3 is 0 Å². The summed E-state index contributed by atoms with van der Waals surface area (Å²) in [6.45, 7) is 7.74. The minimum absolute atomic E-state index is 0.0386. The van der Waals surface area contributed by atoms with E-state index in [2.05, 4.69) is 6.92 Å². The summed E-state index contributed by atoms with van der Waals surface area (Å²) in [4.78, 5) is -0.269. The molecule has 47 valence electrons. The largest absolute Gasteiger partial charge is 0.120 e. The zero-order chi connectivity index (χ0) is 6.58. The van der Waals surface area contributed by atoms with Crippen LogP contribution in [0.15, 0.2) is 0 Å². The molecule has 0 amide bonds. The first-order valence-corrected chi connectivity index (χ1v) is 3.40. The molecule has 0 aromatic carbocycles. The minimum Gasteiger partial charge on any atom is -0.120 e. The summed E-state index contributed by atoms with van der Waals surface area (Å²) < 4.78 is 0. The summed E-state index contributed by atoms with van der Waals surface area (Å²) in [7, 11) is 0. The average Bonchev–Trinajstić information content (AvgIpc) is 1.88. The second-order valence-corrected chi connectivity index (χ2v) is 4.08. The first-order valence-electron chi connectivity index (χ1n) is 2.59. The third-order valence-corrected chi connectivity index (χ3v) is 3.75. The van der Waals surface area contributed by atoms with Crippen molar-refractivity contribution in [3.63, 3.8) is 0 Å². The number of alkyl halides is 2. The molecule has 8 heavy (non-hydrogen) atoms. The standard InChI is InChI=1S/C6H9Cl2/c1-5(2)4(7)6(5,3)8/h4H,1H2,2-3H3. The summed E-state index contributed by atoms with van der Waals surface area (Å²) in [6, 6.07) is 0. The average molecular weight is 152 g/mol. The van der Waals surface area contributed by atoms with Gasteiger partial charge in [0.2, 0.25) is 0 Å². The molecule has 0 aromatic rings. The summed E-state index contributed by atoms with van der Waals surface area (Å²) in [5, 5.41) is 0.0386. The van der Waals surface area contributed by atoms with Crippen LogP contribution in [0.3, 0.4) is 0 Å². The van der Waals surface area contributed by atoms with Crippen LogP contribution < -0.4 is 0 Å². The van der Waals surface area contributed by atoms with Crippen LogP contribution in [0.25, 0.3) is 0 Å². The van der Waals surface area contributed by atoms with Crippen LogP contribution in [0.1, 0.15) is 13.8 Å². The molecule has 0 bridgehead atoms. The lowest BCUT2D eigenvalue weighted by Crippen LogP contribution is -2.00. The van der Waals surface area contributed by atoms with Gasteiger partial charge in [0.15, 0.2) is 0 Å². The fourth-order valence-corrected chi connectivity index (χ4v) is 1.53. The molecule has 1 saturated carbocycles.